The first kappa shape index (κ1) is 16.5. The molecule has 0 atom stereocenters. The molecule has 118 valence electrons. The summed E-state index contributed by atoms with van der Waals surface area (Å²) in [5.41, 5.74) is 0. The molecule has 5 nitrogen and oxygen atoms in total. The molecule has 0 bridgehead atoms. The van der Waals surface area contributed by atoms with Crippen molar-refractivity contribution in [1.82, 2.24) is 9.62 Å². The monoisotopic (exact) mass is 330 g/mol. The quantitative estimate of drug-likeness (QED) is 0.899. The summed E-state index contributed by atoms with van der Waals surface area (Å²) >= 11 is 1.28. The molecule has 1 aromatic rings. The van der Waals surface area contributed by atoms with Gasteiger partial charge in [-0.2, -0.15) is 0 Å². The maximum absolute atomic E-state index is 12.3. The summed E-state index contributed by atoms with van der Waals surface area (Å²) in [7, 11) is -3.42. The maximum atomic E-state index is 12.3. The zero-order chi connectivity index (χ0) is 15.5. The fourth-order valence-corrected chi connectivity index (χ4v) is 5.06. The van der Waals surface area contributed by atoms with Crippen molar-refractivity contribution >= 4 is 27.3 Å². The molecule has 0 radical (unpaired) electrons. The third kappa shape index (κ3) is 4.28. The number of nitrogens with zero attached hydrogens (tertiary/aromatic N) is 1. The van der Waals surface area contributed by atoms with Crippen LogP contribution in [-0.2, 0) is 14.8 Å². The van der Waals surface area contributed by atoms with Gasteiger partial charge in [-0.25, -0.2) is 13.1 Å². The van der Waals surface area contributed by atoms with Crippen molar-refractivity contribution in [3.63, 3.8) is 0 Å². The van der Waals surface area contributed by atoms with Crippen LogP contribution in [0.2, 0.25) is 0 Å². The van der Waals surface area contributed by atoms with Crippen molar-refractivity contribution in [2.45, 2.75) is 49.8 Å². The number of carbonyl (C=O) groups excluding carboxylic acids is 1. The summed E-state index contributed by atoms with van der Waals surface area (Å²) in [6.45, 7) is 5.15. The summed E-state index contributed by atoms with van der Waals surface area (Å²) in [5.74, 6) is 0.174. The van der Waals surface area contributed by atoms with Gasteiger partial charge in [-0.1, -0.05) is 6.92 Å². The van der Waals surface area contributed by atoms with Gasteiger partial charge < -0.3 is 4.90 Å². The van der Waals surface area contributed by atoms with Crippen LogP contribution in [0.1, 0.15) is 37.5 Å². The van der Waals surface area contributed by atoms with Gasteiger partial charge in [-0.15, -0.1) is 11.3 Å². The first-order valence-corrected chi connectivity index (χ1v) is 9.59. The smallest absolute Gasteiger partial charge is 0.250 e. The third-order valence-corrected chi connectivity index (χ3v) is 6.63. The Balaban J connectivity index is 1.90. The molecule has 1 aliphatic rings. The van der Waals surface area contributed by atoms with Crippen LogP contribution >= 0.6 is 11.3 Å². The molecule has 1 amide bonds. The van der Waals surface area contributed by atoms with Gasteiger partial charge in [0, 0.05) is 30.4 Å². The molecule has 1 saturated heterocycles. The van der Waals surface area contributed by atoms with E-state index < -0.39 is 10.0 Å². The first-order chi connectivity index (χ1) is 9.92. The number of piperidine rings is 1. The van der Waals surface area contributed by atoms with Gasteiger partial charge in [0.05, 0.1) is 0 Å². The molecule has 1 aliphatic heterocycles. The van der Waals surface area contributed by atoms with Crippen LogP contribution in [0.25, 0.3) is 0 Å². The van der Waals surface area contributed by atoms with Crippen LogP contribution in [0.3, 0.4) is 0 Å². The largest absolute Gasteiger partial charge is 0.343 e. The lowest BCUT2D eigenvalue weighted by Gasteiger charge is -2.32. The highest BCUT2D eigenvalue weighted by atomic mass is 32.2. The second-order valence-corrected chi connectivity index (χ2v) is 8.62. The lowest BCUT2D eigenvalue weighted by molar-refractivity contribution is -0.132. The Kier molecular flexibility index (Phi) is 5.40. The highest BCUT2D eigenvalue weighted by Gasteiger charge is 2.26. The van der Waals surface area contributed by atoms with Gasteiger partial charge in [0.25, 0.3) is 0 Å². The molecule has 7 heteroatoms. The summed E-state index contributed by atoms with van der Waals surface area (Å²) in [6.07, 6.45) is 2.78. The van der Waals surface area contributed by atoms with E-state index >= 15 is 0 Å². The van der Waals surface area contributed by atoms with Crippen LogP contribution in [0.4, 0.5) is 0 Å². The number of amides is 1. The van der Waals surface area contributed by atoms with Crippen LogP contribution in [0, 0.1) is 6.92 Å². The van der Waals surface area contributed by atoms with Gasteiger partial charge in [0.2, 0.25) is 15.9 Å². The maximum Gasteiger partial charge on any atom is 0.250 e. The van der Waals surface area contributed by atoms with Gasteiger partial charge in [-0.3, -0.25) is 4.79 Å². The third-order valence-electron chi connectivity index (χ3n) is 3.61. The van der Waals surface area contributed by atoms with Crippen LogP contribution in [0.5, 0.6) is 0 Å². The average Bonchev–Trinajstić information content (AvgIpc) is 2.87. The van der Waals surface area contributed by atoms with E-state index in [9.17, 15) is 13.2 Å². The molecule has 1 N–H and O–H groups in total. The predicted molar refractivity (Wildman–Crippen MR) is 83.9 cm³/mol. The van der Waals surface area contributed by atoms with Crippen LogP contribution in [0.15, 0.2) is 16.3 Å². The SMILES string of the molecule is CCCC(=O)N1CCC(NS(=O)(=O)c2ccc(C)s2)CC1. The number of nitrogens with one attached hydrogen (secondary N) is 1. The number of carbonyl (C=O) groups is 1. The number of likely N-dealkylation sites (tertiary alicyclic amines) is 1. The molecule has 0 saturated carbocycles. The van der Waals surface area contributed by atoms with Crippen molar-refractivity contribution in [1.29, 1.82) is 0 Å². The van der Waals surface area contributed by atoms with Crippen LogP contribution < -0.4 is 4.72 Å². The number of thiophene rings is 1. The van der Waals surface area contributed by atoms with Crippen molar-refractivity contribution in [3.8, 4) is 0 Å². The van der Waals surface area contributed by atoms with Gasteiger partial charge in [-0.05, 0) is 38.3 Å². The number of rotatable bonds is 5. The van der Waals surface area contributed by atoms with Gasteiger partial charge in [0.1, 0.15) is 4.21 Å². The zero-order valence-electron chi connectivity index (χ0n) is 12.5. The average molecular weight is 330 g/mol. The Morgan fingerprint density at radius 3 is 2.57 bits per heavy atom. The molecule has 2 rings (SSSR count). The fraction of sp³-hybridized carbons (Fsp3) is 0.643. The molecule has 0 aromatic carbocycles. The molecular formula is C14H22N2O3S2. The Morgan fingerprint density at radius 2 is 2.05 bits per heavy atom. The topological polar surface area (TPSA) is 66.5 Å². The minimum Gasteiger partial charge on any atom is -0.343 e. The van der Waals surface area contributed by atoms with E-state index in [0.29, 0.717) is 36.6 Å². The van der Waals surface area contributed by atoms with E-state index in [4.69, 9.17) is 0 Å². The molecule has 2 heterocycles. The van der Waals surface area contributed by atoms with E-state index in [2.05, 4.69) is 4.72 Å². The van der Waals surface area contributed by atoms with E-state index in [1.54, 1.807) is 6.07 Å². The van der Waals surface area contributed by atoms with Crippen molar-refractivity contribution < 1.29 is 13.2 Å². The molecule has 21 heavy (non-hydrogen) atoms. The second-order valence-electron chi connectivity index (χ2n) is 5.39. The number of hydrogen-bond donors (Lipinski definition) is 1. The fourth-order valence-electron chi connectivity index (χ4n) is 2.45. The number of hydrogen-bond acceptors (Lipinski definition) is 4. The minimum atomic E-state index is -3.42. The normalized spacial score (nSPS) is 17.1. The lowest BCUT2D eigenvalue weighted by atomic mass is 10.1. The Labute approximate surface area is 130 Å². The van der Waals surface area contributed by atoms with Crippen LogP contribution in [-0.4, -0.2) is 38.4 Å². The summed E-state index contributed by atoms with van der Waals surface area (Å²) in [6, 6.07) is 3.37. The Hall–Kier alpha value is -0.920. The zero-order valence-corrected chi connectivity index (χ0v) is 14.1. The predicted octanol–water partition coefficient (Wildman–Crippen LogP) is 2.13. The highest BCUT2D eigenvalue weighted by molar-refractivity contribution is 7.91. The van der Waals surface area contributed by atoms with E-state index in [-0.39, 0.29) is 11.9 Å². The number of aryl methyl sites for hydroxylation is 1. The first-order valence-electron chi connectivity index (χ1n) is 7.29. The highest BCUT2D eigenvalue weighted by Crippen LogP contribution is 2.22. The van der Waals surface area contributed by atoms with E-state index in [0.717, 1.165) is 11.3 Å². The van der Waals surface area contributed by atoms with E-state index in [1.807, 2.05) is 24.8 Å². The standard InChI is InChI=1S/C14H22N2O3S2/c1-3-4-13(17)16-9-7-12(8-10-16)15-21(18,19)14-6-5-11(2)20-14/h5-6,12,15H,3-4,7-10H2,1-2H3. The minimum absolute atomic E-state index is 0.0805. The van der Waals surface area contributed by atoms with E-state index in [1.165, 1.54) is 11.3 Å². The lowest BCUT2D eigenvalue weighted by Crippen LogP contribution is -2.46. The molecular weight excluding hydrogens is 308 g/mol. The molecule has 1 aromatic heterocycles. The Bertz CT molecular complexity index is 587. The Morgan fingerprint density at radius 1 is 1.38 bits per heavy atom. The molecule has 1 fully saturated rings. The van der Waals surface area contributed by atoms with Crippen molar-refractivity contribution in [3.05, 3.63) is 17.0 Å². The number of sulfonamides is 1. The van der Waals surface area contributed by atoms with Gasteiger partial charge in [0.15, 0.2) is 0 Å². The molecule has 0 aliphatic carbocycles. The summed E-state index contributed by atoms with van der Waals surface area (Å²) < 4.78 is 27.6. The van der Waals surface area contributed by atoms with Crippen molar-refractivity contribution in [2.75, 3.05) is 13.1 Å². The van der Waals surface area contributed by atoms with Gasteiger partial charge >= 0.3 is 0 Å². The molecule has 0 unspecified atom stereocenters. The summed E-state index contributed by atoms with van der Waals surface area (Å²) in [4.78, 5) is 14.6. The molecule has 0 spiro atoms. The summed E-state index contributed by atoms with van der Waals surface area (Å²) in [5, 5.41) is 0. The van der Waals surface area contributed by atoms with Crippen molar-refractivity contribution in [2.24, 2.45) is 0 Å². The second kappa shape index (κ2) is 6.89.